The van der Waals surface area contributed by atoms with Gasteiger partial charge in [-0.2, -0.15) is 5.26 Å². The molecule has 0 saturated carbocycles. The number of carbonyl (C=O) groups excluding carboxylic acids is 1. The molecule has 0 aliphatic heterocycles. The number of halogens is 3. The van der Waals surface area contributed by atoms with Crippen molar-refractivity contribution < 1.29 is 13.6 Å². The predicted octanol–water partition coefficient (Wildman–Crippen LogP) is 4.11. The number of nitriles is 1. The van der Waals surface area contributed by atoms with Crippen LogP contribution >= 0.6 is 11.6 Å². The summed E-state index contributed by atoms with van der Waals surface area (Å²) < 4.78 is 27.2. The van der Waals surface area contributed by atoms with Crippen molar-refractivity contribution >= 4 is 17.4 Å². The van der Waals surface area contributed by atoms with E-state index >= 15 is 0 Å². The van der Waals surface area contributed by atoms with Crippen LogP contribution in [0.25, 0.3) is 0 Å². The van der Waals surface area contributed by atoms with E-state index in [0.29, 0.717) is 10.6 Å². The van der Waals surface area contributed by atoms with Crippen LogP contribution < -0.4 is 0 Å². The van der Waals surface area contributed by atoms with Crippen LogP contribution in [-0.4, -0.2) is 5.78 Å². The number of Topliss-reactive ketones (excluding diaryl/α,β-unsaturated/α-hetero) is 1. The Morgan fingerprint density at radius 2 is 1.75 bits per heavy atom. The fourth-order valence-electron chi connectivity index (χ4n) is 1.85. The van der Waals surface area contributed by atoms with Gasteiger partial charge in [0, 0.05) is 5.02 Å². The Morgan fingerprint density at radius 3 is 2.30 bits per heavy atom. The van der Waals surface area contributed by atoms with Crippen LogP contribution in [0.2, 0.25) is 5.02 Å². The molecule has 1 unspecified atom stereocenters. The van der Waals surface area contributed by atoms with Gasteiger partial charge in [-0.15, -0.1) is 0 Å². The van der Waals surface area contributed by atoms with E-state index in [0.717, 1.165) is 18.2 Å². The number of nitrogens with zero attached hydrogens (tertiary/aromatic N) is 1. The van der Waals surface area contributed by atoms with Crippen molar-refractivity contribution in [3.05, 3.63) is 70.2 Å². The first-order valence-electron chi connectivity index (χ1n) is 5.68. The van der Waals surface area contributed by atoms with Crippen LogP contribution in [0.15, 0.2) is 42.5 Å². The molecule has 2 aromatic rings. The summed E-state index contributed by atoms with van der Waals surface area (Å²) in [7, 11) is 0. The molecule has 0 spiro atoms. The SMILES string of the molecule is N#CC(C(=O)c1c(F)cccc1F)c1cccc(Cl)c1. The lowest BCUT2D eigenvalue weighted by Crippen LogP contribution is -2.15. The van der Waals surface area contributed by atoms with E-state index in [1.54, 1.807) is 18.2 Å². The highest BCUT2D eigenvalue weighted by Crippen LogP contribution is 2.25. The number of rotatable bonds is 3. The number of benzene rings is 2. The minimum atomic E-state index is -1.31. The van der Waals surface area contributed by atoms with Crippen LogP contribution in [0.3, 0.4) is 0 Å². The van der Waals surface area contributed by atoms with Gasteiger partial charge in [0.15, 0.2) is 5.78 Å². The molecule has 2 rings (SSSR count). The number of hydrogen-bond donors (Lipinski definition) is 0. The molecule has 0 aliphatic carbocycles. The van der Waals surface area contributed by atoms with E-state index in [1.165, 1.54) is 12.1 Å². The van der Waals surface area contributed by atoms with Crippen LogP contribution in [0.5, 0.6) is 0 Å². The fourth-order valence-corrected chi connectivity index (χ4v) is 2.05. The summed E-state index contributed by atoms with van der Waals surface area (Å²) in [6.07, 6.45) is 0. The molecule has 0 amide bonds. The van der Waals surface area contributed by atoms with Crippen molar-refractivity contribution in [2.75, 3.05) is 0 Å². The molecule has 2 nitrogen and oxygen atoms in total. The summed E-state index contributed by atoms with van der Waals surface area (Å²) in [5.74, 6) is -4.21. The third kappa shape index (κ3) is 2.68. The Kier molecular flexibility index (Phi) is 4.11. The van der Waals surface area contributed by atoms with E-state index in [4.69, 9.17) is 16.9 Å². The number of carbonyl (C=O) groups is 1. The van der Waals surface area contributed by atoms with E-state index in [1.807, 2.05) is 0 Å². The molecule has 0 bridgehead atoms. The normalized spacial score (nSPS) is 11.7. The summed E-state index contributed by atoms with van der Waals surface area (Å²) in [5, 5.41) is 9.46. The Labute approximate surface area is 119 Å². The van der Waals surface area contributed by atoms with E-state index in [2.05, 4.69) is 0 Å². The molecule has 5 heteroatoms. The van der Waals surface area contributed by atoms with Gasteiger partial charge in [0.2, 0.25) is 0 Å². The van der Waals surface area contributed by atoms with Gasteiger partial charge in [0.1, 0.15) is 17.6 Å². The van der Waals surface area contributed by atoms with Crippen molar-refractivity contribution in [1.82, 2.24) is 0 Å². The first-order valence-corrected chi connectivity index (χ1v) is 6.05. The average Bonchev–Trinajstić information content (AvgIpc) is 2.39. The molecule has 0 aliphatic rings. The van der Waals surface area contributed by atoms with Gasteiger partial charge < -0.3 is 0 Å². The lowest BCUT2D eigenvalue weighted by atomic mass is 9.91. The summed E-state index contributed by atoms with van der Waals surface area (Å²) in [4.78, 5) is 12.2. The summed E-state index contributed by atoms with van der Waals surface area (Å²) in [6.45, 7) is 0. The zero-order valence-electron chi connectivity index (χ0n) is 10.1. The van der Waals surface area contributed by atoms with Crippen LogP contribution in [-0.2, 0) is 0 Å². The second-order valence-electron chi connectivity index (χ2n) is 4.08. The maximum atomic E-state index is 13.6. The standard InChI is InChI=1S/C15H8ClF2NO/c16-10-4-1-3-9(7-10)11(8-19)15(20)14-12(17)5-2-6-13(14)18/h1-7,11H. The Morgan fingerprint density at radius 1 is 1.15 bits per heavy atom. The number of ketones is 1. The van der Waals surface area contributed by atoms with Gasteiger partial charge in [0.05, 0.1) is 11.6 Å². The monoisotopic (exact) mass is 291 g/mol. The van der Waals surface area contributed by atoms with Crippen LogP contribution in [0.1, 0.15) is 21.8 Å². The zero-order valence-corrected chi connectivity index (χ0v) is 10.9. The van der Waals surface area contributed by atoms with Crippen LogP contribution in [0.4, 0.5) is 8.78 Å². The van der Waals surface area contributed by atoms with E-state index in [-0.39, 0.29) is 0 Å². The molecular formula is C15H8ClF2NO. The van der Waals surface area contributed by atoms with E-state index < -0.39 is 28.9 Å². The van der Waals surface area contributed by atoms with Crippen molar-refractivity contribution in [2.24, 2.45) is 0 Å². The Hall–Kier alpha value is -2.25. The second-order valence-corrected chi connectivity index (χ2v) is 4.51. The molecule has 0 aromatic heterocycles. The molecule has 0 N–H and O–H groups in total. The van der Waals surface area contributed by atoms with Crippen molar-refractivity contribution in [2.45, 2.75) is 5.92 Å². The second kappa shape index (κ2) is 5.81. The molecule has 1 atom stereocenters. The maximum absolute atomic E-state index is 13.6. The Balaban J connectivity index is 2.48. The molecule has 0 fully saturated rings. The highest BCUT2D eigenvalue weighted by Gasteiger charge is 2.27. The quantitative estimate of drug-likeness (QED) is 0.799. The topological polar surface area (TPSA) is 40.9 Å². The van der Waals surface area contributed by atoms with Gasteiger partial charge in [-0.1, -0.05) is 29.8 Å². The Bertz CT molecular complexity index is 689. The minimum Gasteiger partial charge on any atom is -0.292 e. The van der Waals surface area contributed by atoms with Gasteiger partial charge in [-0.25, -0.2) is 8.78 Å². The average molecular weight is 292 g/mol. The molecule has 0 heterocycles. The van der Waals surface area contributed by atoms with Gasteiger partial charge in [-0.05, 0) is 29.8 Å². The first kappa shape index (κ1) is 14.2. The van der Waals surface area contributed by atoms with E-state index in [9.17, 15) is 13.6 Å². The zero-order chi connectivity index (χ0) is 14.7. The molecule has 20 heavy (non-hydrogen) atoms. The molecule has 100 valence electrons. The highest BCUT2D eigenvalue weighted by molar-refractivity contribution is 6.30. The molecular weight excluding hydrogens is 284 g/mol. The molecule has 0 radical (unpaired) electrons. The first-order chi connectivity index (χ1) is 9.54. The minimum absolute atomic E-state index is 0.299. The lowest BCUT2D eigenvalue weighted by Gasteiger charge is -2.10. The largest absolute Gasteiger partial charge is 0.292 e. The van der Waals surface area contributed by atoms with Gasteiger partial charge >= 0.3 is 0 Å². The van der Waals surface area contributed by atoms with Crippen LogP contribution in [0, 0.1) is 23.0 Å². The smallest absolute Gasteiger partial charge is 0.190 e. The fraction of sp³-hybridized carbons (Fsp3) is 0.0667. The lowest BCUT2D eigenvalue weighted by molar-refractivity contribution is 0.0970. The van der Waals surface area contributed by atoms with Crippen molar-refractivity contribution in [3.63, 3.8) is 0 Å². The summed E-state index contributed by atoms with van der Waals surface area (Å²) >= 11 is 5.79. The molecule has 2 aromatic carbocycles. The summed E-state index contributed by atoms with van der Waals surface area (Å²) in [5.41, 5.74) is -0.410. The van der Waals surface area contributed by atoms with Gasteiger partial charge in [-0.3, -0.25) is 4.79 Å². The highest BCUT2D eigenvalue weighted by atomic mass is 35.5. The van der Waals surface area contributed by atoms with Gasteiger partial charge in [0.25, 0.3) is 0 Å². The maximum Gasteiger partial charge on any atom is 0.190 e. The predicted molar refractivity (Wildman–Crippen MR) is 70.5 cm³/mol. The third-order valence-electron chi connectivity index (χ3n) is 2.78. The number of hydrogen-bond acceptors (Lipinski definition) is 2. The van der Waals surface area contributed by atoms with Crippen molar-refractivity contribution in [1.29, 1.82) is 5.26 Å². The summed E-state index contributed by atoms with van der Waals surface area (Å²) in [6, 6.07) is 10.9. The third-order valence-corrected chi connectivity index (χ3v) is 3.02. The van der Waals surface area contributed by atoms with Crippen molar-refractivity contribution in [3.8, 4) is 6.07 Å². The molecule has 0 saturated heterocycles.